The molecule has 1 aliphatic rings. The number of halogens is 1. The SMILES string of the molecule is CN1CC[C@H](c2ccc(O)cc2)[C@@H](F)C1. The molecule has 3 heteroatoms. The lowest BCUT2D eigenvalue weighted by atomic mass is 9.88. The summed E-state index contributed by atoms with van der Waals surface area (Å²) in [5.74, 6) is 0.226. The van der Waals surface area contributed by atoms with Crippen molar-refractivity contribution in [1.82, 2.24) is 4.90 Å². The molecule has 0 spiro atoms. The van der Waals surface area contributed by atoms with Crippen molar-refractivity contribution in [3.8, 4) is 5.75 Å². The molecule has 2 nitrogen and oxygen atoms in total. The van der Waals surface area contributed by atoms with E-state index in [1.54, 1.807) is 12.1 Å². The Kier molecular flexibility index (Phi) is 2.91. The van der Waals surface area contributed by atoms with Crippen LogP contribution < -0.4 is 0 Å². The summed E-state index contributed by atoms with van der Waals surface area (Å²) in [5, 5.41) is 9.16. The van der Waals surface area contributed by atoms with E-state index in [1.807, 2.05) is 24.1 Å². The standard InChI is InChI=1S/C12H16FNO/c1-14-7-6-11(12(13)8-14)9-2-4-10(15)5-3-9/h2-5,11-12,15H,6-8H2,1H3/t11-,12+/m1/s1. The van der Waals surface area contributed by atoms with Gasteiger partial charge in [-0.25, -0.2) is 4.39 Å². The third-order valence-electron chi connectivity index (χ3n) is 3.07. The zero-order valence-corrected chi connectivity index (χ0v) is 8.86. The van der Waals surface area contributed by atoms with Crippen LogP contribution in [0.3, 0.4) is 0 Å². The second-order valence-electron chi connectivity index (χ2n) is 4.26. The first-order chi connectivity index (χ1) is 7.16. The fourth-order valence-corrected chi connectivity index (χ4v) is 2.15. The minimum absolute atomic E-state index is 0.0122. The van der Waals surface area contributed by atoms with Crippen LogP contribution in [0.1, 0.15) is 17.9 Å². The maximum Gasteiger partial charge on any atom is 0.120 e. The number of nitrogens with zero attached hydrogens (tertiary/aromatic N) is 1. The highest BCUT2D eigenvalue weighted by atomic mass is 19.1. The second-order valence-corrected chi connectivity index (χ2v) is 4.26. The number of phenols is 1. The van der Waals surface area contributed by atoms with Crippen LogP contribution in [-0.2, 0) is 0 Å². The van der Waals surface area contributed by atoms with Crippen molar-refractivity contribution < 1.29 is 9.50 Å². The molecule has 2 rings (SSSR count). The maximum absolute atomic E-state index is 13.8. The molecule has 0 radical (unpaired) electrons. The molecule has 0 aromatic heterocycles. The highest BCUT2D eigenvalue weighted by Crippen LogP contribution is 2.30. The van der Waals surface area contributed by atoms with Crippen LogP contribution in [0.5, 0.6) is 5.75 Å². The number of piperidine rings is 1. The van der Waals surface area contributed by atoms with Gasteiger partial charge in [-0.1, -0.05) is 12.1 Å². The van der Waals surface area contributed by atoms with Crippen LogP contribution in [0.4, 0.5) is 4.39 Å². The molecule has 1 fully saturated rings. The average molecular weight is 209 g/mol. The highest BCUT2D eigenvalue weighted by molar-refractivity contribution is 5.29. The van der Waals surface area contributed by atoms with E-state index < -0.39 is 6.17 Å². The van der Waals surface area contributed by atoms with Crippen molar-refractivity contribution in [3.63, 3.8) is 0 Å². The van der Waals surface area contributed by atoms with Crippen LogP contribution in [-0.4, -0.2) is 36.3 Å². The summed E-state index contributed by atoms with van der Waals surface area (Å²) in [6.07, 6.45) is 0.0518. The Balaban J connectivity index is 2.13. The van der Waals surface area contributed by atoms with E-state index in [0.29, 0.717) is 6.54 Å². The first-order valence-corrected chi connectivity index (χ1v) is 5.28. The Morgan fingerprint density at radius 3 is 2.60 bits per heavy atom. The fourth-order valence-electron chi connectivity index (χ4n) is 2.15. The van der Waals surface area contributed by atoms with Gasteiger partial charge in [-0.05, 0) is 37.7 Å². The third kappa shape index (κ3) is 2.29. The lowest BCUT2D eigenvalue weighted by Crippen LogP contribution is -2.38. The molecule has 0 saturated carbocycles. The van der Waals surface area contributed by atoms with E-state index in [2.05, 4.69) is 0 Å². The number of alkyl halides is 1. The Morgan fingerprint density at radius 1 is 1.33 bits per heavy atom. The Labute approximate surface area is 89.3 Å². The highest BCUT2D eigenvalue weighted by Gasteiger charge is 2.28. The van der Waals surface area contributed by atoms with Crippen LogP contribution in [0, 0.1) is 0 Å². The second kappa shape index (κ2) is 4.19. The number of benzene rings is 1. The van der Waals surface area contributed by atoms with Crippen molar-refractivity contribution in [3.05, 3.63) is 29.8 Å². The van der Waals surface area contributed by atoms with Crippen molar-refractivity contribution in [1.29, 1.82) is 0 Å². The molecule has 2 atom stereocenters. The molecular weight excluding hydrogens is 193 g/mol. The predicted octanol–water partition coefficient (Wildman–Crippen LogP) is 2.15. The van der Waals surface area contributed by atoms with E-state index in [0.717, 1.165) is 18.5 Å². The number of rotatable bonds is 1. The van der Waals surface area contributed by atoms with E-state index in [1.165, 1.54) is 0 Å². The van der Waals surface area contributed by atoms with E-state index in [-0.39, 0.29) is 11.7 Å². The average Bonchev–Trinajstić information content (AvgIpc) is 2.20. The van der Waals surface area contributed by atoms with Gasteiger partial charge in [0.1, 0.15) is 11.9 Å². The van der Waals surface area contributed by atoms with Gasteiger partial charge in [0, 0.05) is 12.5 Å². The molecule has 1 saturated heterocycles. The summed E-state index contributed by atoms with van der Waals surface area (Å²) in [6, 6.07) is 6.89. The largest absolute Gasteiger partial charge is 0.508 e. The molecule has 1 aliphatic heterocycles. The van der Waals surface area contributed by atoms with Crippen LogP contribution in [0.2, 0.25) is 0 Å². The Bertz CT molecular complexity index is 325. The minimum atomic E-state index is -0.798. The zero-order chi connectivity index (χ0) is 10.8. The first-order valence-electron chi connectivity index (χ1n) is 5.28. The lowest BCUT2D eigenvalue weighted by Gasteiger charge is -2.32. The zero-order valence-electron chi connectivity index (χ0n) is 8.86. The van der Waals surface area contributed by atoms with Gasteiger partial charge in [-0.3, -0.25) is 0 Å². The number of hydrogen-bond donors (Lipinski definition) is 1. The summed E-state index contributed by atoms with van der Waals surface area (Å²) in [7, 11) is 1.94. The minimum Gasteiger partial charge on any atom is -0.508 e. The molecule has 1 heterocycles. The van der Waals surface area contributed by atoms with E-state index in [4.69, 9.17) is 5.11 Å². The third-order valence-corrected chi connectivity index (χ3v) is 3.07. The summed E-state index contributed by atoms with van der Waals surface area (Å²) >= 11 is 0. The van der Waals surface area contributed by atoms with Crippen molar-refractivity contribution in [2.75, 3.05) is 20.1 Å². The molecule has 1 aromatic rings. The van der Waals surface area contributed by atoms with Gasteiger partial charge >= 0.3 is 0 Å². The Hall–Kier alpha value is -1.09. The van der Waals surface area contributed by atoms with Crippen LogP contribution >= 0.6 is 0 Å². The van der Waals surface area contributed by atoms with Gasteiger partial charge in [0.15, 0.2) is 0 Å². The lowest BCUT2D eigenvalue weighted by molar-refractivity contribution is 0.139. The molecular formula is C12H16FNO. The topological polar surface area (TPSA) is 23.5 Å². The molecule has 82 valence electrons. The molecule has 0 amide bonds. The van der Waals surface area contributed by atoms with Gasteiger partial charge in [0.2, 0.25) is 0 Å². The van der Waals surface area contributed by atoms with Gasteiger partial charge in [-0.15, -0.1) is 0 Å². The smallest absolute Gasteiger partial charge is 0.120 e. The maximum atomic E-state index is 13.8. The molecule has 0 aliphatic carbocycles. The summed E-state index contributed by atoms with van der Waals surface area (Å²) in [6.45, 7) is 1.44. The summed E-state index contributed by atoms with van der Waals surface area (Å²) in [5.41, 5.74) is 0.994. The quantitative estimate of drug-likeness (QED) is 0.766. The normalized spacial score (nSPS) is 27.9. The molecule has 0 unspecified atom stereocenters. The van der Waals surface area contributed by atoms with Gasteiger partial charge < -0.3 is 10.0 Å². The molecule has 0 bridgehead atoms. The van der Waals surface area contributed by atoms with Crippen LogP contribution in [0.25, 0.3) is 0 Å². The monoisotopic (exact) mass is 209 g/mol. The number of hydrogen-bond acceptors (Lipinski definition) is 2. The van der Waals surface area contributed by atoms with E-state index in [9.17, 15) is 4.39 Å². The number of phenolic OH excluding ortho intramolecular Hbond substituents is 1. The number of aromatic hydroxyl groups is 1. The van der Waals surface area contributed by atoms with Crippen molar-refractivity contribution >= 4 is 0 Å². The predicted molar refractivity (Wildman–Crippen MR) is 57.9 cm³/mol. The number of likely N-dealkylation sites (tertiary alicyclic amines) is 1. The van der Waals surface area contributed by atoms with Crippen LogP contribution in [0.15, 0.2) is 24.3 Å². The fraction of sp³-hybridized carbons (Fsp3) is 0.500. The summed E-state index contributed by atoms with van der Waals surface area (Å²) in [4.78, 5) is 2.02. The van der Waals surface area contributed by atoms with E-state index >= 15 is 0 Å². The van der Waals surface area contributed by atoms with Crippen molar-refractivity contribution in [2.24, 2.45) is 0 Å². The van der Waals surface area contributed by atoms with Gasteiger partial charge in [-0.2, -0.15) is 0 Å². The molecule has 1 aromatic carbocycles. The summed E-state index contributed by atoms with van der Waals surface area (Å²) < 4.78 is 13.8. The molecule has 15 heavy (non-hydrogen) atoms. The van der Waals surface area contributed by atoms with Crippen molar-refractivity contribution in [2.45, 2.75) is 18.5 Å². The Morgan fingerprint density at radius 2 is 2.00 bits per heavy atom. The van der Waals surface area contributed by atoms with Gasteiger partial charge in [0.05, 0.1) is 0 Å². The first kappa shape index (κ1) is 10.4. The van der Waals surface area contributed by atoms with Gasteiger partial charge in [0.25, 0.3) is 0 Å². The molecule has 1 N–H and O–H groups in total.